The van der Waals surface area contributed by atoms with Gasteiger partial charge in [-0.25, -0.2) is 9.97 Å². The summed E-state index contributed by atoms with van der Waals surface area (Å²) in [7, 11) is 0. The van der Waals surface area contributed by atoms with Crippen molar-refractivity contribution in [3.63, 3.8) is 0 Å². The van der Waals surface area contributed by atoms with Gasteiger partial charge in [0.2, 0.25) is 11.9 Å². The first-order chi connectivity index (χ1) is 18.8. The Morgan fingerprint density at radius 2 is 2.03 bits per heavy atom. The van der Waals surface area contributed by atoms with E-state index >= 15 is 0 Å². The van der Waals surface area contributed by atoms with Crippen molar-refractivity contribution in [2.24, 2.45) is 0 Å². The minimum absolute atomic E-state index is 0.0866. The van der Waals surface area contributed by atoms with Crippen LogP contribution in [0, 0.1) is 0 Å². The summed E-state index contributed by atoms with van der Waals surface area (Å²) in [6, 6.07) is 10.6. The number of hydrogen-bond acceptors (Lipinski definition) is 8. The number of benzene rings is 2. The molecule has 0 saturated carbocycles. The van der Waals surface area contributed by atoms with E-state index in [1.807, 2.05) is 12.1 Å². The Balaban J connectivity index is 1.33. The number of rotatable bonds is 8. The molecule has 1 fully saturated rings. The molecule has 3 aromatic rings. The molecule has 4 N–H and O–H groups in total. The average Bonchev–Trinajstić information content (AvgIpc) is 3.26. The zero-order valence-corrected chi connectivity index (χ0v) is 22.2. The van der Waals surface area contributed by atoms with Gasteiger partial charge in [0.25, 0.3) is 5.91 Å². The van der Waals surface area contributed by atoms with Crippen LogP contribution in [0.5, 0.6) is 5.75 Å². The van der Waals surface area contributed by atoms with E-state index in [9.17, 15) is 19.8 Å². The Morgan fingerprint density at radius 1 is 1.23 bits per heavy atom. The Hall–Kier alpha value is -3.73. The summed E-state index contributed by atoms with van der Waals surface area (Å²) in [6.45, 7) is 2.78. The average molecular weight is 552 g/mol. The molecular formula is C28H30ClN5O5. The van der Waals surface area contributed by atoms with Crippen LogP contribution in [0.4, 0.5) is 5.95 Å². The van der Waals surface area contributed by atoms with Crippen LogP contribution in [-0.2, 0) is 16.1 Å². The summed E-state index contributed by atoms with van der Waals surface area (Å²) in [6.07, 6.45) is 3.25. The fourth-order valence-corrected chi connectivity index (χ4v) is 5.10. The van der Waals surface area contributed by atoms with Crippen LogP contribution in [0.15, 0.2) is 48.7 Å². The molecule has 1 aromatic heterocycles. The van der Waals surface area contributed by atoms with Crippen molar-refractivity contribution in [2.45, 2.75) is 44.4 Å². The molecule has 11 heteroatoms. The van der Waals surface area contributed by atoms with Crippen molar-refractivity contribution in [2.75, 3.05) is 25.1 Å². The van der Waals surface area contributed by atoms with Crippen LogP contribution in [0.1, 0.15) is 47.3 Å². The van der Waals surface area contributed by atoms with Gasteiger partial charge in [-0.3, -0.25) is 9.59 Å². The second-order valence-corrected chi connectivity index (χ2v) is 10.2. The van der Waals surface area contributed by atoms with E-state index in [2.05, 4.69) is 20.6 Å². The van der Waals surface area contributed by atoms with Crippen LogP contribution in [0.25, 0.3) is 11.3 Å². The van der Waals surface area contributed by atoms with Gasteiger partial charge in [0, 0.05) is 36.9 Å². The molecule has 5 rings (SSSR count). The topological polar surface area (TPSA) is 137 Å². The Labute approximate surface area is 231 Å². The van der Waals surface area contributed by atoms with Crippen molar-refractivity contribution < 1.29 is 24.5 Å². The molecule has 39 heavy (non-hydrogen) atoms. The maximum absolute atomic E-state index is 13.4. The third-order valence-corrected chi connectivity index (χ3v) is 7.37. The highest BCUT2D eigenvalue weighted by Crippen LogP contribution is 2.32. The lowest BCUT2D eigenvalue weighted by Gasteiger charge is -2.27. The molecule has 1 saturated heterocycles. The second kappa shape index (κ2) is 11.6. The number of aliphatic hydroxyl groups excluding tert-OH is 1. The Bertz CT molecular complexity index is 1380. The maximum atomic E-state index is 13.4. The smallest absolute Gasteiger partial charge is 0.255 e. The van der Waals surface area contributed by atoms with E-state index < -0.39 is 24.6 Å². The number of amides is 2. The van der Waals surface area contributed by atoms with Crippen molar-refractivity contribution in [1.82, 2.24) is 20.2 Å². The number of ether oxygens (including phenoxy) is 1. The van der Waals surface area contributed by atoms with Gasteiger partial charge in [0.1, 0.15) is 11.8 Å². The van der Waals surface area contributed by atoms with Crippen LogP contribution in [0.3, 0.4) is 0 Å². The first-order valence-electron chi connectivity index (χ1n) is 12.8. The Kier molecular flexibility index (Phi) is 7.97. The molecule has 0 bridgehead atoms. The van der Waals surface area contributed by atoms with Gasteiger partial charge in [-0.1, -0.05) is 35.9 Å². The molecular weight excluding hydrogens is 522 g/mol. The minimum Gasteiger partial charge on any atom is -0.508 e. The number of halogens is 1. The van der Waals surface area contributed by atoms with E-state index in [0.717, 1.165) is 18.4 Å². The first-order valence-corrected chi connectivity index (χ1v) is 13.2. The van der Waals surface area contributed by atoms with Gasteiger partial charge in [-0.15, -0.1) is 0 Å². The number of aromatic nitrogens is 2. The summed E-state index contributed by atoms with van der Waals surface area (Å²) in [5.74, 6) is -0.314. The summed E-state index contributed by atoms with van der Waals surface area (Å²) in [5.41, 5.74) is 3.00. The van der Waals surface area contributed by atoms with E-state index in [1.165, 1.54) is 11.1 Å². The SMILES string of the molecule is C[C@@H](NC(=O)C(CO)N1Cc2ccc(-c3nc(NC4CCOCC4)ncc3Cl)cc2C1=O)c1cccc(O)c1. The predicted molar refractivity (Wildman–Crippen MR) is 145 cm³/mol. The quantitative estimate of drug-likeness (QED) is 0.335. The number of nitrogens with one attached hydrogen (secondary N) is 2. The van der Waals surface area contributed by atoms with Crippen molar-refractivity contribution in [3.05, 3.63) is 70.4 Å². The number of aromatic hydroxyl groups is 1. The molecule has 2 amide bonds. The maximum Gasteiger partial charge on any atom is 0.255 e. The van der Waals surface area contributed by atoms with Crippen molar-refractivity contribution >= 4 is 29.4 Å². The molecule has 2 aromatic carbocycles. The van der Waals surface area contributed by atoms with Gasteiger partial charge in [-0.2, -0.15) is 0 Å². The molecule has 0 aliphatic carbocycles. The number of phenolic OH excluding ortho intramolecular Hbond substituents is 1. The monoisotopic (exact) mass is 551 g/mol. The van der Waals surface area contributed by atoms with Crippen molar-refractivity contribution in [3.8, 4) is 17.0 Å². The molecule has 10 nitrogen and oxygen atoms in total. The number of carbonyl (C=O) groups is 2. The van der Waals surface area contributed by atoms with E-state index in [4.69, 9.17) is 16.3 Å². The number of anilines is 1. The molecule has 2 aliphatic rings. The number of aliphatic hydroxyl groups is 1. The minimum atomic E-state index is -1.08. The first kappa shape index (κ1) is 26.9. The third-order valence-electron chi connectivity index (χ3n) is 7.09. The van der Waals surface area contributed by atoms with E-state index in [0.29, 0.717) is 46.6 Å². The lowest BCUT2D eigenvalue weighted by atomic mass is 10.0. The van der Waals surface area contributed by atoms with Crippen LogP contribution >= 0.6 is 11.6 Å². The number of carbonyl (C=O) groups excluding carboxylic acids is 2. The van der Waals surface area contributed by atoms with E-state index in [1.54, 1.807) is 37.3 Å². The number of fused-ring (bicyclic) bond motifs is 1. The fraction of sp³-hybridized carbons (Fsp3) is 0.357. The molecule has 204 valence electrons. The lowest BCUT2D eigenvalue weighted by Crippen LogP contribution is -2.49. The number of hydrogen-bond donors (Lipinski definition) is 4. The normalized spacial score (nSPS) is 17.0. The van der Waals surface area contributed by atoms with Gasteiger partial charge in [0.05, 0.1) is 29.6 Å². The fourth-order valence-electron chi connectivity index (χ4n) is 4.90. The zero-order chi connectivity index (χ0) is 27.5. The highest BCUT2D eigenvalue weighted by molar-refractivity contribution is 6.33. The second-order valence-electron chi connectivity index (χ2n) is 9.75. The summed E-state index contributed by atoms with van der Waals surface area (Å²) < 4.78 is 5.41. The molecule has 2 atom stereocenters. The lowest BCUT2D eigenvalue weighted by molar-refractivity contribution is -0.127. The molecule has 1 unspecified atom stereocenters. The van der Waals surface area contributed by atoms with Gasteiger partial charge < -0.3 is 30.5 Å². The zero-order valence-electron chi connectivity index (χ0n) is 21.4. The largest absolute Gasteiger partial charge is 0.508 e. The standard InChI is InChI=1S/C28H30ClN5O5/c1-16(17-3-2-4-21(36)11-17)31-26(37)24(15-35)34-14-19-6-5-18(12-22(19)27(34)38)25-23(29)13-30-28(33-25)32-20-7-9-39-10-8-20/h2-6,11-13,16,20,24,35-36H,7-10,14-15H2,1H3,(H,31,37)(H,30,32,33)/t16-,24?/m1/s1. The third kappa shape index (κ3) is 5.83. The van der Waals surface area contributed by atoms with Gasteiger partial charge in [0.15, 0.2) is 0 Å². The number of nitrogens with zero attached hydrogens (tertiary/aromatic N) is 3. The van der Waals surface area contributed by atoms with Crippen LogP contribution in [0.2, 0.25) is 5.02 Å². The summed E-state index contributed by atoms with van der Waals surface area (Å²) >= 11 is 6.44. The van der Waals surface area contributed by atoms with Crippen molar-refractivity contribution in [1.29, 1.82) is 0 Å². The van der Waals surface area contributed by atoms with Gasteiger partial charge in [-0.05, 0) is 49.1 Å². The molecule has 2 aliphatic heterocycles. The van der Waals surface area contributed by atoms with Crippen LogP contribution < -0.4 is 10.6 Å². The highest BCUT2D eigenvalue weighted by Gasteiger charge is 2.37. The summed E-state index contributed by atoms with van der Waals surface area (Å²) in [4.78, 5) is 36.8. The summed E-state index contributed by atoms with van der Waals surface area (Å²) in [5, 5.41) is 26.3. The molecule has 0 radical (unpaired) electrons. The van der Waals surface area contributed by atoms with Crippen LogP contribution in [-0.4, -0.2) is 68.8 Å². The number of phenols is 1. The van der Waals surface area contributed by atoms with E-state index in [-0.39, 0.29) is 24.2 Å². The Morgan fingerprint density at radius 3 is 2.77 bits per heavy atom. The predicted octanol–water partition coefficient (Wildman–Crippen LogP) is 3.29. The molecule has 3 heterocycles. The highest BCUT2D eigenvalue weighted by atomic mass is 35.5. The molecule has 0 spiro atoms. The van der Waals surface area contributed by atoms with Gasteiger partial charge >= 0.3 is 0 Å².